The molecule has 2 aliphatic rings. The van der Waals surface area contributed by atoms with Crippen LogP contribution in [0.5, 0.6) is 0 Å². The molecular formula is C16H24N4O. The van der Waals surface area contributed by atoms with Crippen molar-refractivity contribution < 1.29 is 4.79 Å². The monoisotopic (exact) mass is 288 g/mol. The molecule has 114 valence electrons. The number of piperazine rings is 1. The third-order valence-electron chi connectivity index (χ3n) is 4.53. The number of carbonyl (C=O) groups is 1. The molecule has 0 aliphatic carbocycles. The predicted octanol–water partition coefficient (Wildman–Crippen LogP) is 0.603. The maximum Gasteiger partial charge on any atom is 0.241 e. The molecule has 2 N–H and O–H groups in total. The number of para-hydroxylation sites is 1. The number of anilines is 1. The van der Waals surface area contributed by atoms with Gasteiger partial charge in [0.1, 0.15) is 0 Å². The van der Waals surface area contributed by atoms with Crippen LogP contribution in [0.2, 0.25) is 0 Å². The normalized spacial score (nSPS) is 22.5. The molecule has 0 saturated carbocycles. The zero-order valence-corrected chi connectivity index (χ0v) is 12.6. The highest BCUT2D eigenvalue weighted by Crippen LogP contribution is 2.19. The van der Waals surface area contributed by atoms with Gasteiger partial charge in [0.15, 0.2) is 0 Å². The number of carbonyl (C=O) groups excluding carboxylic acids is 1. The SMILES string of the molecule is CC(C(=O)Nc1ccccc1)N1CC(N2CCNCC2)C1. The maximum absolute atomic E-state index is 12.3. The zero-order chi connectivity index (χ0) is 14.7. The summed E-state index contributed by atoms with van der Waals surface area (Å²) < 4.78 is 0. The molecule has 5 nitrogen and oxygen atoms in total. The molecule has 2 aliphatic heterocycles. The van der Waals surface area contributed by atoms with E-state index in [1.54, 1.807) is 0 Å². The van der Waals surface area contributed by atoms with Crippen LogP contribution < -0.4 is 10.6 Å². The van der Waals surface area contributed by atoms with E-state index in [0.29, 0.717) is 6.04 Å². The van der Waals surface area contributed by atoms with Crippen LogP contribution in [0.25, 0.3) is 0 Å². The fourth-order valence-corrected chi connectivity index (χ4v) is 3.02. The summed E-state index contributed by atoms with van der Waals surface area (Å²) in [5, 5.41) is 6.36. The third kappa shape index (κ3) is 3.43. The van der Waals surface area contributed by atoms with Crippen LogP contribution in [-0.4, -0.2) is 67.1 Å². The van der Waals surface area contributed by atoms with E-state index in [1.165, 1.54) is 0 Å². The molecule has 0 spiro atoms. The number of amides is 1. The number of nitrogens with one attached hydrogen (secondary N) is 2. The molecule has 0 aromatic heterocycles. The Labute approximate surface area is 126 Å². The number of nitrogens with zero attached hydrogens (tertiary/aromatic N) is 2. The topological polar surface area (TPSA) is 47.6 Å². The van der Waals surface area contributed by atoms with Gasteiger partial charge in [-0.1, -0.05) is 18.2 Å². The number of likely N-dealkylation sites (tertiary alicyclic amines) is 1. The van der Waals surface area contributed by atoms with Crippen molar-refractivity contribution in [3.63, 3.8) is 0 Å². The molecule has 1 atom stereocenters. The number of hydrogen-bond donors (Lipinski definition) is 2. The molecule has 1 unspecified atom stereocenters. The minimum Gasteiger partial charge on any atom is -0.325 e. The summed E-state index contributed by atoms with van der Waals surface area (Å²) in [5.41, 5.74) is 0.869. The van der Waals surface area contributed by atoms with E-state index in [0.717, 1.165) is 45.0 Å². The maximum atomic E-state index is 12.3. The summed E-state index contributed by atoms with van der Waals surface area (Å²) in [7, 11) is 0. The van der Waals surface area contributed by atoms with Gasteiger partial charge < -0.3 is 10.6 Å². The van der Waals surface area contributed by atoms with Crippen molar-refractivity contribution in [2.24, 2.45) is 0 Å². The summed E-state index contributed by atoms with van der Waals surface area (Å²) in [6.07, 6.45) is 0. The molecule has 3 rings (SSSR count). The molecular weight excluding hydrogens is 264 g/mol. The molecule has 0 radical (unpaired) electrons. The second-order valence-corrected chi connectivity index (χ2v) is 5.92. The van der Waals surface area contributed by atoms with E-state index in [2.05, 4.69) is 20.4 Å². The Morgan fingerprint density at radius 2 is 1.90 bits per heavy atom. The first-order chi connectivity index (χ1) is 10.2. The molecule has 5 heteroatoms. The zero-order valence-electron chi connectivity index (χ0n) is 12.6. The van der Waals surface area contributed by atoms with Gasteiger partial charge in [-0.25, -0.2) is 0 Å². The van der Waals surface area contributed by atoms with Crippen molar-refractivity contribution in [1.82, 2.24) is 15.1 Å². The van der Waals surface area contributed by atoms with Gasteiger partial charge in [0, 0.05) is 51.0 Å². The molecule has 2 heterocycles. The number of hydrogen-bond acceptors (Lipinski definition) is 4. The van der Waals surface area contributed by atoms with Gasteiger partial charge >= 0.3 is 0 Å². The van der Waals surface area contributed by atoms with Gasteiger partial charge in [0.25, 0.3) is 0 Å². The summed E-state index contributed by atoms with van der Waals surface area (Å²) >= 11 is 0. The van der Waals surface area contributed by atoms with Gasteiger partial charge in [0.2, 0.25) is 5.91 Å². The van der Waals surface area contributed by atoms with Crippen LogP contribution in [0.4, 0.5) is 5.69 Å². The second-order valence-electron chi connectivity index (χ2n) is 5.92. The molecule has 1 aromatic rings. The number of benzene rings is 1. The van der Waals surface area contributed by atoms with E-state index in [9.17, 15) is 4.79 Å². The van der Waals surface area contributed by atoms with Gasteiger partial charge in [-0.15, -0.1) is 0 Å². The summed E-state index contributed by atoms with van der Waals surface area (Å²) in [4.78, 5) is 17.0. The average molecular weight is 288 g/mol. The lowest BCUT2D eigenvalue weighted by atomic mass is 10.0. The van der Waals surface area contributed by atoms with Crippen LogP contribution in [-0.2, 0) is 4.79 Å². The Kier molecular flexibility index (Phi) is 4.53. The molecule has 2 saturated heterocycles. The van der Waals surface area contributed by atoms with Crippen molar-refractivity contribution in [3.05, 3.63) is 30.3 Å². The molecule has 21 heavy (non-hydrogen) atoms. The average Bonchev–Trinajstić information content (AvgIpc) is 2.48. The van der Waals surface area contributed by atoms with Crippen molar-refractivity contribution in [1.29, 1.82) is 0 Å². The van der Waals surface area contributed by atoms with Crippen LogP contribution in [0, 0.1) is 0 Å². The van der Waals surface area contributed by atoms with Crippen molar-refractivity contribution >= 4 is 11.6 Å². The highest BCUT2D eigenvalue weighted by molar-refractivity contribution is 5.94. The van der Waals surface area contributed by atoms with Gasteiger partial charge in [0.05, 0.1) is 6.04 Å². The van der Waals surface area contributed by atoms with Crippen molar-refractivity contribution in [2.45, 2.75) is 19.0 Å². The smallest absolute Gasteiger partial charge is 0.241 e. The second kappa shape index (κ2) is 6.56. The van der Waals surface area contributed by atoms with E-state index in [1.807, 2.05) is 37.3 Å². The summed E-state index contributed by atoms with van der Waals surface area (Å²) in [6, 6.07) is 10.2. The Morgan fingerprint density at radius 1 is 1.24 bits per heavy atom. The largest absolute Gasteiger partial charge is 0.325 e. The Hall–Kier alpha value is -1.43. The molecule has 0 bridgehead atoms. The van der Waals surface area contributed by atoms with Gasteiger partial charge in [-0.3, -0.25) is 14.6 Å². The summed E-state index contributed by atoms with van der Waals surface area (Å²) in [6.45, 7) is 8.42. The lowest BCUT2D eigenvalue weighted by Crippen LogP contribution is -2.65. The Bertz CT molecular complexity index is 466. The van der Waals surface area contributed by atoms with E-state index >= 15 is 0 Å². The first-order valence-corrected chi connectivity index (χ1v) is 7.79. The van der Waals surface area contributed by atoms with Crippen molar-refractivity contribution in [2.75, 3.05) is 44.6 Å². The Morgan fingerprint density at radius 3 is 2.57 bits per heavy atom. The molecule has 1 aromatic carbocycles. The van der Waals surface area contributed by atoms with E-state index < -0.39 is 0 Å². The highest BCUT2D eigenvalue weighted by Gasteiger charge is 2.36. The predicted molar refractivity (Wildman–Crippen MR) is 84.3 cm³/mol. The van der Waals surface area contributed by atoms with Crippen LogP contribution in [0.1, 0.15) is 6.92 Å². The van der Waals surface area contributed by atoms with Gasteiger partial charge in [-0.05, 0) is 19.1 Å². The van der Waals surface area contributed by atoms with Crippen molar-refractivity contribution in [3.8, 4) is 0 Å². The first-order valence-electron chi connectivity index (χ1n) is 7.79. The fourth-order valence-electron chi connectivity index (χ4n) is 3.02. The van der Waals surface area contributed by atoms with Crippen LogP contribution in [0.15, 0.2) is 30.3 Å². The standard InChI is InChI=1S/C16H24N4O/c1-13(16(21)18-14-5-3-2-4-6-14)20-11-15(12-20)19-9-7-17-8-10-19/h2-6,13,15,17H,7-12H2,1H3,(H,18,21). The van der Waals surface area contributed by atoms with Crippen LogP contribution in [0.3, 0.4) is 0 Å². The first kappa shape index (κ1) is 14.5. The lowest BCUT2D eigenvalue weighted by Gasteiger charge is -2.48. The molecule has 1 amide bonds. The summed E-state index contributed by atoms with van der Waals surface area (Å²) in [5.74, 6) is 0.0833. The third-order valence-corrected chi connectivity index (χ3v) is 4.53. The van der Waals surface area contributed by atoms with E-state index in [4.69, 9.17) is 0 Å². The lowest BCUT2D eigenvalue weighted by molar-refractivity contribution is -0.124. The minimum absolute atomic E-state index is 0.0654. The van der Waals surface area contributed by atoms with Crippen LogP contribution >= 0.6 is 0 Å². The fraction of sp³-hybridized carbons (Fsp3) is 0.562. The van der Waals surface area contributed by atoms with Gasteiger partial charge in [-0.2, -0.15) is 0 Å². The highest BCUT2D eigenvalue weighted by atomic mass is 16.2. The Balaban J connectivity index is 1.46. The number of rotatable bonds is 4. The molecule has 2 fully saturated rings. The minimum atomic E-state index is -0.0654. The quantitative estimate of drug-likeness (QED) is 0.852. The van der Waals surface area contributed by atoms with E-state index in [-0.39, 0.29) is 11.9 Å².